The van der Waals surface area contributed by atoms with Crippen LogP contribution in [-0.2, 0) is 10.0 Å². The van der Waals surface area contributed by atoms with Gasteiger partial charge in [-0.05, 0) is 62.3 Å². The Morgan fingerprint density at radius 2 is 2.03 bits per heavy atom. The van der Waals surface area contributed by atoms with E-state index in [2.05, 4.69) is 25.2 Å². The summed E-state index contributed by atoms with van der Waals surface area (Å²) >= 11 is 0. The molecule has 1 aromatic rings. The fraction of sp³-hybridized carbons (Fsp3) is 0.667. The lowest BCUT2D eigenvalue weighted by atomic mass is 9.86. The van der Waals surface area contributed by atoms with Crippen LogP contribution in [0, 0.1) is 18.7 Å². The van der Waals surface area contributed by atoms with Crippen molar-refractivity contribution in [2.24, 2.45) is 10.9 Å². The first-order chi connectivity index (χ1) is 14.4. The molecule has 0 spiro atoms. The Hall–Kier alpha value is -1.14. The third-order valence-corrected chi connectivity index (χ3v) is 7.31. The topological polar surface area (TPSA) is 85.8 Å². The molecule has 0 radical (unpaired) electrons. The van der Waals surface area contributed by atoms with Gasteiger partial charge in [0.1, 0.15) is 5.82 Å². The van der Waals surface area contributed by atoms with Crippen LogP contribution < -0.4 is 20.3 Å². The van der Waals surface area contributed by atoms with Crippen LogP contribution in [0.2, 0.25) is 0 Å². The number of rotatable bonds is 8. The van der Waals surface area contributed by atoms with E-state index in [1.807, 2.05) is 13.0 Å². The average molecular weight is 568 g/mol. The molecule has 2 fully saturated rings. The maximum atomic E-state index is 13.4. The molecule has 3 rings (SSSR count). The van der Waals surface area contributed by atoms with Crippen molar-refractivity contribution in [2.45, 2.75) is 45.1 Å². The summed E-state index contributed by atoms with van der Waals surface area (Å²) in [6.07, 6.45) is 5.46. The Morgan fingerprint density at radius 3 is 2.68 bits per heavy atom. The second-order valence-electron chi connectivity index (χ2n) is 8.32. The van der Waals surface area contributed by atoms with E-state index in [0.717, 1.165) is 50.0 Å². The number of nitrogens with one attached hydrogen (secondary N) is 3. The van der Waals surface area contributed by atoms with Gasteiger partial charge in [0.2, 0.25) is 10.0 Å². The van der Waals surface area contributed by atoms with Gasteiger partial charge in [0.05, 0.1) is 5.75 Å². The highest BCUT2D eigenvalue weighted by Gasteiger charge is 2.23. The number of anilines is 1. The number of hydrogen-bond acceptors (Lipinski definition) is 4. The molecule has 2 aliphatic rings. The number of aryl methyl sites for hydroxylation is 1. The van der Waals surface area contributed by atoms with Crippen molar-refractivity contribution in [3.05, 3.63) is 29.6 Å². The molecule has 1 saturated carbocycles. The van der Waals surface area contributed by atoms with Gasteiger partial charge in [0.15, 0.2) is 5.96 Å². The smallest absolute Gasteiger partial charge is 0.213 e. The minimum absolute atomic E-state index is 0. The number of halogens is 2. The minimum Gasteiger partial charge on any atom is -0.369 e. The van der Waals surface area contributed by atoms with Crippen LogP contribution in [0.5, 0.6) is 0 Å². The Labute approximate surface area is 202 Å². The van der Waals surface area contributed by atoms with E-state index in [-0.39, 0.29) is 41.6 Å². The molecule has 1 unspecified atom stereocenters. The summed E-state index contributed by atoms with van der Waals surface area (Å²) in [4.78, 5) is 6.50. The van der Waals surface area contributed by atoms with Gasteiger partial charge in [-0.15, -0.1) is 24.0 Å². The van der Waals surface area contributed by atoms with Gasteiger partial charge < -0.3 is 15.5 Å². The summed E-state index contributed by atoms with van der Waals surface area (Å²) in [5.74, 6) is 0.907. The van der Waals surface area contributed by atoms with E-state index < -0.39 is 10.0 Å². The van der Waals surface area contributed by atoms with Crippen LogP contribution in [0.4, 0.5) is 10.1 Å². The van der Waals surface area contributed by atoms with Crippen LogP contribution in [0.3, 0.4) is 0 Å². The normalized spacial score (nSPS) is 20.0. The van der Waals surface area contributed by atoms with Crippen LogP contribution in [0.15, 0.2) is 23.2 Å². The number of guanidine groups is 1. The van der Waals surface area contributed by atoms with Crippen molar-refractivity contribution in [1.29, 1.82) is 0 Å². The summed E-state index contributed by atoms with van der Waals surface area (Å²) in [5, 5.41) is 6.51. The molecule has 176 valence electrons. The van der Waals surface area contributed by atoms with Crippen LogP contribution in [-0.4, -0.2) is 59.4 Å². The second kappa shape index (κ2) is 12.2. The molecule has 1 aromatic carbocycles. The second-order valence-corrected chi connectivity index (χ2v) is 10.2. The maximum Gasteiger partial charge on any atom is 0.213 e. The molecule has 1 heterocycles. The quantitative estimate of drug-likeness (QED) is 0.256. The highest BCUT2D eigenvalue weighted by molar-refractivity contribution is 14.0. The van der Waals surface area contributed by atoms with Crippen molar-refractivity contribution < 1.29 is 12.8 Å². The predicted octanol–water partition coefficient (Wildman–Crippen LogP) is 2.61. The number of aliphatic imine (C=N–C) groups is 1. The van der Waals surface area contributed by atoms with Crippen molar-refractivity contribution in [2.75, 3.05) is 43.9 Å². The zero-order valence-corrected chi connectivity index (χ0v) is 21.5. The molecule has 0 bridgehead atoms. The van der Waals surface area contributed by atoms with Crippen molar-refractivity contribution in [1.82, 2.24) is 15.4 Å². The molecule has 0 amide bonds. The fourth-order valence-electron chi connectivity index (χ4n) is 3.99. The van der Waals surface area contributed by atoms with Gasteiger partial charge in [-0.2, -0.15) is 0 Å². The standard InChI is InChI=1S/C21H34FN5O2S.HI/c1-16-13-18(22)8-9-20(16)27-11-4-7-19(15-27)26-21(23-2)24-10-12-30(28,29)25-14-17-5-3-6-17;/h8-9,13,17,19,25H,3-7,10-12,14-15H2,1-2H3,(H2,23,24,26);1H. The largest absolute Gasteiger partial charge is 0.369 e. The molecule has 0 aromatic heterocycles. The molecule has 7 nitrogen and oxygen atoms in total. The SMILES string of the molecule is CN=C(NCCS(=O)(=O)NCC1CCC1)NC1CCCN(c2ccc(F)cc2C)C1.I. The van der Waals surface area contributed by atoms with Crippen LogP contribution in [0.1, 0.15) is 37.7 Å². The highest BCUT2D eigenvalue weighted by atomic mass is 127. The minimum atomic E-state index is -3.28. The summed E-state index contributed by atoms with van der Waals surface area (Å²) in [7, 11) is -1.59. The number of hydrogen-bond donors (Lipinski definition) is 3. The van der Waals surface area contributed by atoms with E-state index in [1.165, 1.54) is 12.5 Å². The van der Waals surface area contributed by atoms with Crippen LogP contribution >= 0.6 is 24.0 Å². The number of nitrogens with zero attached hydrogens (tertiary/aromatic N) is 2. The van der Waals surface area contributed by atoms with Crippen molar-refractivity contribution >= 4 is 45.6 Å². The lowest BCUT2D eigenvalue weighted by molar-refractivity contribution is 0.316. The zero-order valence-electron chi connectivity index (χ0n) is 18.4. The average Bonchev–Trinajstić information content (AvgIpc) is 2.66. The Kier molecular flexibility index (Phi) is 10.3. The summed E-state index contributed by atoms with van der Waals surface area (Å²) < 4.78 is 40.4. The Balaban J connectivity index is 0.00000341. The lowest BCUT2D eigenvalue weighted by Crippen LogP contribution is -2.52. The number of sulfonamides is 1. The molecular weight excluding hydrogens is 532 g/mol. The first-order valence-corrected chi connectivity index (χ1v) is 12.5. The van der Waals surface area contributed by atoms with Gasteiger partial charge in [0, 0.05) is 45.0 Å². The number of piperidine rings is 1. The van der Waals surface area contributed by atoms with Gasteiger partial charge in [-0.1, -0.05) is 6.42 Å². The third-order valence-electron chi connectivity index (χ3n) is 5.97. The van der Waals surface area contributed by atoms with Gasteiger partial charge in [-0.25, -0.2) is 17.5 Å². The molecule has 1 saturated heterocycles. The highest BCUT2D eigenvalue weighted by Crippen LogP contribution is 2.25. The molecule has 31 heavy (non-hydrogen) atoms. The van der Waals surface area contributed by atoms with E-state index in [0.29, 0.717) is 25.0 Å². The molecule has 3 N–H and O–H groups in total. The molecular formula is C21H35FIN5O2S. The van der Waals surface area contributed by atoms with Gasteiger partial charge in [0.25, 0.3) is 0 Å². The van der Waals surface area contributed by atoms with Gasteiger partial charge >= 0.3 is 0 Å². The summed E-state index contributed by atoms with van der Waals surface area (Å²) in [6.45, 7) is 4.49. The van der Waals surface area contributed by atoms with Crippen molar-refractivity contribution in [3.63, 3.8) is 0 Å². The predicted molar refractivity (Wildman–Crippen MR) is 135 cm³/mol. The summed E-state index contributed by atoms with van der Waals surface area (Å²) in [6, 6.07) is 5.08. The van der Waals surface area contributed by atoms with Gasteiger partial charge in [-0.3, -0.25) is 4.99 Å². The number of benzene rings is 1. The Bertz CT molecular complexity index is 848. The molecule has 1 aliphatic carbocycles. The van der Waals surface area contributed by atoms with Crippen LogP contribution in [0.25, 0.3) is 0 Å². The fourth-order valence-corrected chi connectivity index (χ4v) is 5.00. The molecule has 10 heteroatoms. The zero-order chi connectivity index (χ0) is 21.6. The first kappa shape index (κ1) is 26.1. The van der Waals surface area contributed by atoms with E-state index in [1.54, 1.807) is 13.1 Å². The third kappa shape index (κ3) is 8.05. The Morgan fingerprint density at radius 1 is 1.26 bits per heavy atom. The monoisotopic (exact) mass is 567 g/mol. The van der Waals surface area contributed by atoms with E-state index in [9.17, 15) is 12.8 Å². The molecule has 1 aliphatic heterocycles. The molecule has 1 atom stereocenters. The van der Waals surface area contributed by atoms with E-state index in [4.69, 9.17) is 0 Å². The lowest BCUT2D eigenvalue weighted by Gasteiger charge is -2.36. The first-order valence-electron chi connectivity index (χ1n) is 10.8. The summed E-state index contributed by atoms with van der Waals surface area (Å²) in [5.41, 5.74) is 1.98. The van der Waals surface area contributed by atoms with E-state index >= 15 is 0 Å². The van der Waals surface area contributed by atoms with Crippen molar-refractivity contribution in [3.8, 4) is 0 Å². The maximum absolute atomic E-state index is 13.4.